The van der Waals surface area contributed by atoms with E-state index in [-0.39, 0.29) is 5.91 Å². The van der Waals surface area contributed by atoms with Crippen molar-refractivity contribution in [1.29, 1.82) is 0 Å². The summed E-state index contributed by atoms with van der Waals surface area (Å²) in [4.78, 5) is 12.4. The van der Waals surface area contributed by atoms with E-state index in [2.05, 4.69) is 5.32 Å². The van der Waals surface area contributed by atoms with Crippen molar-refractivity contribution in [2.45, 2.75) is 13.3 Å². The molecule has 6 heteroatoms. The van der Waals surface area contributed by atoms with Crippen LogP contribution in [0.2, 0.25) is 0 Å². The molecular weight excluding hydrogens is 300 g/mol. The Kier molecular flexibility index (Phi) is 5.27. The van der Waals surface area contributed by atoms with Gasteiger partial charge in [0.05, 0.1) is 24.8 Å². The number of carbonyl (C=O) groups is 1. The zero-order valence-electron chi connectivity index (χ0n) is 12.9. The summed E-state index contributed by atoms with van der Waals surface area (Å²) in [7, 11) is 3.19. The van der Waals surface area contributed by atoms with Crippen molar-refractivity contribution < 1.29 is 14.3 Å². The van der Waals surface area contributed by atoms with Crippen LogP contribution in [0, 0.1) is 0 Å². The van der Waals surface area contributed by atoms with Crippen LogP contribution >= 0.6 is 11.3 Å². The molecule has 1 amide bonds. The highest BCUT2D eigenvalue weighted by molar-refractivity contribution is 7.15. The highest BCUT2D eigenvalue weighted by atomic mass is 32.1. The average Bonchev–Trinajstić information content (AvgIpc) is 2.93. The van der Waals surface area contributed by atoms with Gasteiger partial charge in [-0.3, -0.25) is 4.79 Å². The molecule has 1 heterocycles. The third kappa shape index (κ3) is 3.17. The molecule has 0 radical (unpaired) electrons. The molecule has 0 aliphatic carbocycles. The van der Waals surface area contributed by atoms with Gasteiger partial charge in [0.1, 0.15) is 11.5 Å². The number of carbonyl (C=O) groups excluding carboxylic acids is 1. The van der Waals surface area contributed by atoms with Crippen molar-refractivity contribution in [1.82, 2.24) is 5.32 Å². The number of nitrogen functional groups attached to an aromatic ring is 1. The second-order valence-electron chi connectivity index (χ2n) is 4.71. The molecule has 0 aliphatic heterocycles. The van der Waals surface area contributed by atoms with Crippen LogP contribution in [0.5, 0.6) is 11.5 Å². The molecule has 0 unspecified atom stereocenters. The normalized spacial score (nSPS) is 10.3. The fourth-order valence-electron chi connectivity index (χ4n) is 2.16. The number of ether oxygens (including phenoxy) is 2. The van der Waals surface area contributed by atoms with Gasteiger partial charge < -0.3 is 20.5 Å². The maximum Gasteiger partial charge on any atom is 0.254 e. The number of hydrogen-bond donors (Lipinski definition) is 2. The first-order valence-electron chi connectivity index (χ1n) is 6.99. The van der Waals surface area contributed by atoms with Gasteiger partial charge in [-0.25, -0.2) is 0 Å². The molecule has 2 rings (SSSR count). The van der Waals surface area contributed by atoms with Gasteiger partial charge in [-0.1, -0.05) is 6.92 Å². The highest BCUT2D eigenvalue weighted by Gasteiger charge is 2.21. The number of thiophene rings is 1. The Bertz CT molecular complexity index is 667. The van der Waals surface area contributed by atoms with E-state index in [4.69, 9.17) is 15.2 Å². The smallest absolute Gasteiger partial charge is 0.254 e. The van der Waals surface area contributed by atoms with Crippen LogP contribution < -0.4 is 20.5 Å². The number of benzene rings is 1. The van der Waals surface area contributed by atoms with Crippen molar-refractivity contribution in [2.75, 3.05) is 26.5 Å². The van der Waals surface area contributed by atoms with Crippen molar-refractivity contribution in [3.05, 3.63) is 29.1 Å². The van der Waals surface area contributed by atoms with Gasteiger partial charge in [0, 0.05) is 23.1 Å². The number of amides is 1. The molecule has 1 aromatic heterocycles. The molecule has 0 atom stereocenters. The lowest BCUT2D eigenvalue weighted by atomic mass is 10.0. The van der Waals surface area contributed by atoms with Gasteiger partial charge in [0.15, 0.2) is 0 Å². The first-order chi connectivity index (χ1) is 10.6. The SMILES string of the molecule is CCCNC(=O)c1c(-c2cc(OC)ccc2OC)csc1N. The number of rotatable bonds is 6. The Morgan fingerprint density at radius 1 is 1.27 bits per heavy atom. The number of hydrogen-bond acceptors (Lipinski definition) is 5. The summed E-state index contributed by atoms with van der Waals surface area (Å²) in [6.07, 6.45) is 0.869. The quantitative estimate of drug-likeness (QED) is 0.857. The Morgan fingerprint density at radius 3 is 2.68 bits per heavy atom. The number of anilines is 1. The summed E-state index contributed by atoms with van der Waals surface area (Å²) >= 11 is 1.34. The largest absolute Gasteiger partial charge is 0.497 e. The minimum absolute atomic E-state index is 0.166. The summed E-state index contributed by atoms with van der Waals surface area (Å²) in [5, 5.41) is 5.23. The Labute approximate surface area is 134 Å². The maximum absolute atomic E-state index is 12.4. The maximum atomic E-state index is 12.4. The van der Waals surface area contributed by atoms with Crippen LogP contribution in [-0.4, -0.2) is 26.7 Å². The van der Waals surface area contributed by atoms with Gasteiger partial charge in [-0.05, 0) is 24.6 Å². The topological polar surface area (TPSA) is 73.6 Å². The van der Waals surface area contributed by atoms with Crippen LogP contribution in [0.25, 0.3) is 11.1 Å². The third-order valence-electron chi connectivity index (χ3n) is 3.28. The van der Waals surface area contributed by atoms with Crippen molar-refractivity contribution in [3.8, 4) is 22.6 Å². The molecule has 5 nitrogen and oxygen atoms in total. The van der Waals surface area contributed by atoms with Gasteiger partial charge in [0.2, 0.25) is 0 Å². The van der Waals surface area contributed by atoms with Crippen LogP contribution in [0.15, 0.2) is 23.6 Å². The van der Waals surface area contributed by atoms with E-state index < -0.39 is 0 Å². The average molecular weight is 320 g/mol. The molecule has 0 bridgehead atoms. The van der Waals surface area contributed by atoms with E-state index in [0.717, 1.165) is 17.5 Å². The second-order valence-corrected chi connectivity index (χ2v) is 5.62. The van der Waals surface area contributed by atoms with Crippen LogP contribution in [0.4, 0.5) is 5.00 Å². The zero-order chi connectivity index (χ0) is 16.1. The Balaban J connectivity index is 2.51. The van der Waals surface area contributed by atoms with E-state index in [9.17, 15) is 4.79 Å². The third-order valence-corrected chi connectivity index (χ3v) is 4.09. The van der Waals surface area contributed by atoms with Crippen LogP contribution in [-0.2, 0) is 0 Å². The number of nitrogens with one attached hydrogen (secondary N) is 1. The van der Waals surface area contributed by atoms with E-state index in [1.54, 1.807) is 14.2 Å². The number of methoxy groups -OCH3 is 2. The standard InChI is InChI=1S/C16H20N2O3S/c1-4-7-18-16(19)14-12(9-22-15(14)17)11-8-10(20-2)5-6-13(11)21-3/h5-6,8-9H,4,7,17H2,1-3H3,(H,18,19). The lowest BCUT2D eigenvalue weighted by Crippen LogP contribution is -2.24. The molecule has 0 aliphatic rings. The van der Waals surface area contributed by atoms with Gasteiger partial charge in [0.25, 0.3) is 5.91 Å². The van der Waals surface area contributed by atoms with Crippen molar-refractivity contribution in [2.24, 2.45) is 0 Å². The Hall–Kier alpha value is -2.21. The van der Waals surface area contributed by atoms with E-state index in [1.807, 2.05) is 30.5 Å². The predicted octanol–water partition coefficient (Wildman–Crippen LogP) is 3.15. The first-order valence-corrected chi connectivity index (χ1v) is 7.87. The number of nitrogens with two attached hydrogens (primary N) is 1. The van der Waals surface area contributed by atoms with Crippen LogP contribution in [0.3, 0.4) is 0 Å². The fraction of sp³-hybridized carbons (Fsp3) is 0.312. The molecule has 0 saturated carbocycles. The van der Waals surface area contributed by atoms with Crippen molar-refractivity contribution in [3.63, 3.8) is 0 Å². The molecule has 3 N–H and O–H groups in total. The lowest BCUT2D eigenvalue weighted by Gasteiger charge is -2.12. The molecule has 1 aromatic carbocycles. The van der Waals surface area contributed by atoms with Crippen molar-refractivity contribution >= 4 is 22.2 Å². The minimum Gasteiger partial charge on any atom is -0.497 e. The summed E-state index contributed by atoms with van der Waals surface area (Å²) in [5.41, 5.74) is 8.03. The van der Waals surface area contributed by atoms with Crippen LogP contribution in [0.1, 0.15) is 23.7 Å². The summed E-state index contributed by atoms with van der Waals surface area (Å²) in [5.74, 6) is 1.20. The fourth-order valence-corrected chi connectivity index (χ4v) is 2.97. The van der Waals surface area contributed by atoms with Gasteiger partial charge >= 0.3 is 0 Å². The Morgan fingerprint density at radius 2 is 2.05 bits per heavy atom. The molecule has 0 fully saturated rings. The molecule has 2 aromatic rings. The zero-order valence-corrected chi connectivity index (χ0v) is 13.8. The van der Waals surface area contributed by atoms with E-state index in [0.29, 0.717) is 28.6 Å². The molecule has 0 spiro atoms. The second kappa shape index (κ2) is 7.17. The van der Waals surface area contributed by atoms with E-state index in [1.165, 1.54) is 11.3 Å². The minimum atomic E-state index is -0.166. The van der Waals surface area contributed by atoms with E-state index >= 15 is 0 Å². The predicted molar refractivity (Wildman–Crippen MR) is 89.9 cm³/mol. The summed E-state index contributed by atoms with van der Waals surface area (Å²) in [6, 6.07) is 5.47. The molecule has 118 valence electrons. The lowest BCUT2D eigenvalue weighted by molar-refractivity contribution is 0.0955. The molecule has 0 saturated heterocycles. The summed E-state index contributed by atoms with van der Waals surface area (Å²) in [6.45, 7) is 2.62. The molecule has 22 heavy (non-hydrogen) atoms. The van der Waals surface area contributed by atoms with Gasteiger partial charge in [-0.2, -0.15) is 0 Å². The van der Waals surface area contributed by atoms with Gasteiger partial charge in [-0.15, -0.1) is 11.3 Å². The highest BCUT2D eigenvalue weighted by Crippen LogP contribution is 2.40. The summed E-state index contributed by atoms with van der Waals surface area (Å²) < 4.78 is 10.7. The monoisotopic (exact) mass is 320 g/mol. The first kappa shape index (κ1) is 16.2. The molecular formula is C16H20N2O3S.